The van der Waals surface area contributed by atoms with Crippen molar-refractivity contribution in [1.29, 1.82) is 0 Å². The molecule has 16 heavy (non-hydrogen) atoms. The Morgan fingerprint density at radius 3 is 2.06 bits per heavy atom. The van der Waals surface area contributed by atoms with E-state index in [2.05, 4.69) is 0 Å². The van der Waals surface area contributed by atoms with E-state index in [1.165, 1.54) is 14.2 Å². The molecule has 0 aromatic heterocycles. The quantitative estimate of drug-likeness (QED) is 0.801. The van der Waals surface area contributed by atoms with Crippen molar-refractivity contribution in [2.24, 2.45) is 5.73 Å². The smallest absolute Gasteiger partial charge is 0.325 e. The van der Waals surface area contributed by atoms with Gasteiger partial charge in [0, 0.05) is 0 Å². The molecule has 1 aromatic carbocycles. The molecular formula is C11H15NO4. The topological polar surface area (TPSA) is 81.8 Å². The lowest BCUT2D eigenvalue weighted by molar-refractivity contribution is -0.138. The van der Waals surface area contributed by atoms with Gasteiger partial charge in [-0.05, 0) is 24.6 Å². The second-order valence-corrected chi connectivity index (χ2v) is 3.40. The van der Waals surface area contributed by atoms with Crippen molar-refractivity contribution < 1.29 is 19.4 Å². The molecule has 0 aliphatic heterocycles. The molecule has 0 aliphatic carbocycles. The summed E-state index contributed by atoms with van der Waals surface area (Å²) in [4.78, 5) is 10.9. The molecule has 0 amide bonds. The Balaban J connectivity index is 3.38. The molecule has 3 N–H and O–H groups in total. The van der Waals surface area contributed by atoms with Gasteiger partial charge < -0.3 is 20.3 Å². The van der Waals surface area contributed by atoms with Crippen LogP contribution in [0.2, 0.25) is 0 Å². The summed E-state index contributed by atoms with van der Waals surface area (Å²) in [7, 11) is 2.93. The van der Waals surface area contributed by atoms with Crippen LogP contribution in [0.1, 0.15) is 17.2 Å². The van der Waals surface area contributed by atoms with Crippen LogP contribution in [0.4, 0.5) is 0 Å². The summed E-state index contributed by atoms with van der Waals surface area (Å²) < 4.78 is 10.2. The molecule has 1 atom stereocenters. The Morgan fingerprint density at radius 1 is 1.31 bits per heavy atom. The molecule has 0 spiro atoms. The van der Waals surface area contributed by atoms with Crippen molar-refractivity contribution in [3.8, 4) is 11.5 Å². The van der Waals surface area contributed by atoms with Gasteiger partial charge in [0.1, 0.15) is 17.5 Å². The van der Waals surface area contributed by atoms with E-state index in [0.717, 1.165) is 5.56 Å². The van der Waals surface area contributed by atoms with Crippen LogP contribution in [0.3, 0.4) is 0 Å². The van der Waals surface area contributed by atoms with Crippen molar-refractivity contribution in [3.63, 3.8) is 0 Å². The first-order chi connectivity index (χ1) is 7.51. The van der Waals surface area contributed by atoms with Gasteiger partial charge in [-0.3, -0.25) is 4.79 Å². The summed E-state index contributed by atoms with van der Waals surface area (Å²) in [5.74, 6) is -0.279. The van der Waals surface area contributed by atoms with Gasteiger partial charge in [0.2, 0.25) is 0 Å². The van der Waals surface area contributed by atoms with Gasteiger partial charge in [-0.15, -0.1) is 0 Å². The number of ether oxygens (including phenoxy) is 2. The first-order valence-electron chi connectivity index (χ1n) is 4.72. The van der Waals surface area contributed by atoms with Gasteiger partial charge in [-0.25, -0.2) is 0 Å². The number of carboxylic acid groups (broad SMARTS) is 1. The minimum absolute atomic E-state index is 0.350. The number of nitrogens with two attached hydrogens (primary N) is 1. The largest absolute Gasteiger partial charge is 0.496 e. The number of carbonyl (C=O) groups is 1. The molecule has 0 fully saturated rings. The summed E-state index contributed by atoms with van der Waals surface area (Å²) in [6.45, 7) is 1.86. The van der Waals surface area contributed by atoms with Crippen LogP contribution in [-0.2, 0) is 4.79 Å². The number of aryl methyl sites for hydroxylation is 1. The maximum Gasteiger partial charge on any atom is 0.325 e. The minimum Gasteiger partial charge on any atom is -0.496 e. The summed E-state index contributed by atoms with van der Waals surface area (Å²) >= 11 is 0. The molecule has 5 nitrogen and oxygen atoms in total. The van der Waals surface area contributed by atoms with Crippen molar-refractivity contribution in [1.82, 2.24) is 0 Å². The molecule has 1 aromatic rings. The van der Waals surface area contributed by atoms with Gasteiger partial charge in [0.25, 0.3) is 0 Å². The fourth-order valence-corrected chi connectivity index (χ4v) is 1.50. The van der Waals surface area contributed by atoms with Crippen molar-refractivity contribution in [3.05, 3.63) is 23.3 Å². The number of aliphatic carboxylic acids is 1. The number of carboxylic acids is 1. The van der Waals surface area contributed by atoms with E-state index in [-0.39, 0.29) is 0 Å². The Hall–Kier alpha value is -1.75. The molecule has 0 heterocycles. The molecule has 1 rings (SSSR count). The predicted octanol–water partition coefficient (Wildman–Crippen LogP) is 1.10. The van der Waals surface area contributed by atoms with Gasteiger partial charge in [-0.2, -0.15) is 0 Å². The number of rotatable bonds is 4. The molecule has 0 radical (unpaired) electrons. The maximum absolute atomic E-state index is 10.9. The summed E-state index contributed by atoms with van der Waals surface area (Å²) in [5, 5.41) is 8.91. The molecule has 0 saturated heterocycles. The monoisotopic (exact) mass is 225 g/mol. The standard InChI is InChI=1S/C11H15NO4/c1-6-4-7(15-2)9(8(5-6)16-3)10(12)11(13)14/h4-5,10H,12H2,1-3H3,(H,13,14). The second kappa shape index (κ2) is 4.85. The third kappa shape index (κ3) is 2.25. The van der Waals surface area contributed by atoms with E-state index in [1.54, 1.807) is 12.1 Å². The Labute approximate surface area is 93.8 Å². The molecule has 5 heteroatoms. The third-order valence-corrected chi connectivity index (χ3v) is 2.27. The number of hydrogen-bond acceptors (Lipinski definition) is 4. The minimum atomic E-state index is -1.16. The van der Waals surface area contributed by atoms with E-state index < -0.39 is 12.0 Å². The van der Waals surface area contributed by atoms with Crippen LogP contribution in [-0.4, -0.2) is 25.3 Å². The Morgan fingerprint density at radius 2 is 1.75 bits per heavy atom. The average Bonchev–Trinajstić information content (AvgIpc) is 2.26. The zero-order chi connectivity index (χ0) is 12.3. The highest BCUT2D eigenvalue weighted by molar-refractivity contribution is 5.78. The third-order valence-electron chi connectivity index (χ3n) is 2.27. The molecular weight excluding hydrogens is 210 g/mol. The van der Waals surface area contributed by atoms with Crippen molar-refractivity contribution in [2.75, 3.05) is 14.2 Å². The lowest BCUT2D eigenvalue weighted by Crippen LogP contribution is -2.22. The lowest BCUT2D eigenvalue weighted by atomic mass is 10.0. The first kappa shape index (κ1) is 12.3. The average molecular weight is 225 g/mol. The second-order valence-electron chi connectivity index (χ2n) is 3.40. The summed E-state index contributed by atoms with van der Waals surface area (Å²) in [6.07, 6.45) is 0. The number of hydrogen-bond donors (Lipinski definition) is 2. The zero-order valence-electron chi connectivity index (χ0n) is 9.48. The molecule has 88 valence electrons. The lowest BCUT2D eigenvalue weighted by Gasteiger charge is -2.16. The van der Waals surface area contributed by atoms with E-state index in [0.29, 0.717) is 17.1 Å². The molecule has 1 unspecified atom stereocenters. The van der Waals surface area contributed by atoms with Crippen LogP contribution in [0.25, 0.3) is 0 Å². The van der Waals surface area contributed by atoms with Gasteiger partial charge in [0.15, 0.2) is 0 Å². The highest BCUT2D eigenvalue weighted by atomic mass is 16.5. The Kier molecular flexibility index (Phi) is 3.73. The first-order valence-corrected chi connectivity index (χ1v) is 4.72. The van der Waals surface area contributed by atoms with Crippen LogP contribution < -0.4 is 15.2 Å². The molecule has 0 bridgehead atoms. The highest BCUT2D eigenvalue weighted by Crippen LogP contribution is 2.34. The fourth-order valence-electron chi connectivity index (χ4n) is 1.50. The fraction of sp³-hybridized carbons (Fsp3) is 0.364. The number of benzene rings is 1. The van der Waals surface area contributed by atoms with Gasteiger partial charge >= 0.3 is 5.97 Å². The van der Waals surface area contributed by atoms with Crippen molar-refractivity contribution >= 4 is 5.97 Å². The van der Waals surface area contributed by atoms with E-state index in [9.17, 15) is 4.79 Å². The molecule has 0 aliphatic rings. The normalized spacial score (nSPS) is 12.0. The van der Waals surface area contributed by atoms with E-state index >= 15 is 0 Å². The maximum atomic E-state index is 10.9. The zero-order valence-corrected chi connectivity index (χ0v) is 9.48. The summed E-state index contributed by atoms with van der Waals surface area (Å²) in [6, 6.07) is 2.28. The Bertz CT molecular complexity index is 378. The van der Waals surface area contributed by atoms with Crippen LogP contribution in [0.5, 0.6) is 11.5 Å². The predicted molar refractivity (Wildman–Crippen MR) is 58.8 cm³/mol. The van der Waals surface area contributed by atoms with Crippen LogP contribution in [0.15, 0.2) is 12.1 Å². The van der Waals surface area contributed by atoms with Gasteiger partial charge in [-0.1, -0.05) is 0 Å². The van der Waals surface area contributed by atoms with Gasteiger partial charge in [0.05, 0.1) is 19.8 Å². The van der Waals surface area contributed by atoms with E-state index in [4.69, 9.17) is 20.3 Å². The highest BCUT2D eigenvalue weighted by Gasteiger charge is 2.23. The van der Waals surface area contributed by atoms with Crippen LogP contribution >= 0.6 is 0 Å². The number of methoxy groups -OCH3 is 2. The summed E-state index contributed by atoms with van der Waals surface area (Å²) in [5.41, 5.74) is 6.84. The molecule has 0 saturated carbocycles. The SMILES string of the molecule is COc1cc(C)cc(OC)c1C(N)C(=O)O. The van der Waals surface area contributed by atoms with Crippen molar-refractivity contribution in [2.45, 2.75) is 13.0 Å². The van der Waals surface area contributed by atoms with Crippen LogP contribution in [0, 0.1) is 6.92 Å². The van der Waals surface area contributed by atoms with E-state index in [1.807, 2.05) is 6.92 Å².